The molecule has 1 atom stereocenters. The minimum atomic E-state index is -0.768. The first-order valence-electron chi connectivity index (χ1n) is 12.6. The zero-order chi connectivity index (χ0) is 25.5. The SMILES string of the molecule is CCC(N)(CO)CO.O=C(O)C[C@@H](CCCCCCc1ccc2c(n1)NCCC2)c1cncnc1. The van der Waals surface area contributed by atoms with Crippen LogP contribution >= 0.6 is 0 Å². The van der Waals surface area contributed by atoms with E-state index in [-0.39, 0.29) is 25.6 Å². The number of hydrogen-bond acceptors (Lipinski definition) is 8. The Kier molecular flexibility index (Phi) is 12.6. The van der Waals surface area contributed by atoms with Gasteiger partial charge in [-0.3, -0.25) is 4.79 Å². The highest BCUT2D eigenvalue weighted by atomic mass is 16.4. The van der Waals surface area contributed by atoms with Crippen LogP contribution in [0.3, 0.4) is 0 Å². The standard InChI is InChI=1S/C21H28N4O2.C5H13NO2/c26-20(27)12-17(18-13-22-15-23-14-18)6-3-1-2-4-8-19-10-9-16-7-5-11-24-21(16)25-19;1-2-5(6,3-7)4-8/h9-10,13-15,17H,1-8,11-12H2,(H,24,25)(H,26,27);7-8H,2-4,6H2,1H3/t17-;/m1./s1. The average Bonchev–Trinajstić information content (AvgIpc) is 2.90. The molecule has 6 N–H and O–H groups in total. The summed E-state index contributed by atoms with van der Waals surface area (Å²) >= 11 is 0. The molecule has 0 fully saturated rings. The third kappa shape index (κ3) is 10.3. The summed E-state index contributed by atoms with van der Waals surface area (Å²) in [6.07, 6.45) is 14.2. The van der Waals surface area contributed by atoms with Gasteiger partial charge in [-0.1, -0.05) is 32.3 Å². The van der Waals surface area contributed by atoms with Crippen LogP contribution in [0.25, 0.3) is 0 Å². The zero-order valence-corrected chi connectivity index (χ0v) is 20.8. The Balaban J connectivity index is 0.000000466. The fourth-order valence-corrected chi connectivity index (χ4v) is 3.95. The highest BCUT2D eigenvalue weighted by Crippen LogP contribution is 2.25. The highest BCUT2D eigenvalue weighted by molar-refractivity contribution is 5.68. The summed E-state index contributed by atoms with van der Waals surface area (Å²) in [6.45, 7) is 2.54. The van der Waals surface area contributed by atoms with E-state index in [2.05, 4.69) is 27.4 Å². The Morgan fingerprint density at radius 3 is 2.49 bits per heavy atom. The van der Waals surface area contributed by atoms with Crippen LogP contribution in [0.4, 0.5) is 5.82 Å². The molecule has 35 heavy (non-hydrogen) atoms. The van der Waals surface area contributed by atoms with E-state index in [1.165, 1.54) is 18.3 Å². The second kappa shape index (κ2) is 15.4. The summed E-state index contributed by atoms with van der Waals surface area (Å²) < 4.78 is 0. The van der Waals surface area contributed by atoms with Crippen LogP contribution < -0.4 is 11.1 Å². The molecule has 0 aromatic carbocycles. The number of aliphatic carboxylic acids is 1. The number of carbonyl (C=O) groups is 1. The molecule has 9 nitrogen and oxygen atoms in total. The fourth-order valence-electron chi connectivity index (χ4n) is 3.95. The molecule has 0 saturated heterocycles. The molecular weight excluding hydrogens is 446 g/mol. The summed E-state index contributed by atoms with van der Waals surface area (Å²) in [7, 11) is 0. The molecule has 3 rings (SSSR count). The second-order valence-electron chi connectivity index (χ2n) is 9.29. The summed E-state index contributed by atoms with van der Waals surface area (Å²) in [5, 5.41) is 29.5. The average molecular weight is 488 g/mol. The summed E-state index contributed by atoms with van der Waals surface area (Å²) in [5.74, 6) is 0.299. The lowest BCUT2D eigenvalue weighted by molar-refractivity contribution is -0.137. The van der Waals surface area contributed by atoms with E-state index in [9.17, 15) is 4.79 Å². The number of pyridine rings is 1. The molecule has 0 radical (unpaired) electrons. The van der Waals surface area contributed by atoms with Crippen LogP contribution in [-0.4, -0.2) is 61.5 Å². The van der Waals surface area contributed by atoms with Gasteiger partial charge < -0.3 is 26.4 Å². The topological polar surface area (TPSA) is 154 Å². The van der Waals surface area contributed by atoms with E-state index in [1.807, 2.05) is 6.92 Å². The number of aliphatic hydroxyl groups excluding tert-OH is 2. The summed E-state index contributed by atoms with van der Waals surface area (Å²) in [5.41, 5.74) is 8.05. The van der Waals surface area contributed by atoms with Crippen LogP contribution in [0.5, 0.6) is 0 Å². The second-order valence-corrected chi connectivity index (χ2v) is 9.29. The molecule has 0 unspecified atom stereocenters. The Morgan fingerprint density at radius 1 is 1.14 bits per heavy atom. The number of fused-ring (bicyclic) bond motifs is 1. The third-order valence-corrected chi connectivity index (χ3v) is 6.49. The van der Waals surface area contributed by atoms with Crippen molar-refractivity contribution in [3.63, 3.8) is 0 Å². The summed E-state index contributed by atoms with van der Waals surface area (Å²) in [4.78, 5) is 23.9. The van der Waals surface area contributed by atoms with E-state index < -0.39 is 11.5 Å². The minimum Gasteiger partial charge on any atom is -0.481 e. The zero-order valence-electron chi connectivity index (χ0n) is 20.8. The van der Waals surface area contributed by atoms with Gasteiger partial charge in [0.05, 0.1) is 25.2 Å². The normalized spacial score (nSPS) is 13.7. The van der Waals surface area contributed by atoms with Crippen molar-refractivity contribution < 1.29 is 20.1 Å². The van der Waals surface area contributed by atoms with E-state index in [0.29, 0.717) is 6.42 Å². The van der Waals surface area contributed by atoms with Gasteiger partial charge in [0.2, 0.25) is 0 Å². The Hall–Kier alpha value is -2.62. The fraction of sp³-hybridized carbons (Fsp3) is 0.615. The van der Waals surface area contributed by atoms with Gasteiger partial charge in [-0.05, 0) is 61.6 Å². The predicted octanol–water partition coefficient (Wildman–Crippen LogP) is 3.06. The van der Waals surface area contributed by atoms with E-state index in [1.54, 1.807) is 12.4 Å². The van der Waals surface area contributed by atoms with Crippen molar-refractivity contribution in [2.75, 3.05) is 25.1 Å². The number of carboxylic acid groups (broad SMARTS) is 1. The predicted molar refractivity (Wildman–Crippen MR) is 136 cm³/mol. The minimum absolute atomic E-state index is 0.00270. The first-order valence-corrected chi connectivity index (χ1v) is 12.6. The largest absolute Gasteiger partial charge is 0.481 e. The Bertz CT molecular complexity index is 869. The number of nitrogens with one attached hydrogen (secondary N) is 1. The van der Waals surface area contributed by atoms with Crippen LogP contribution in [-0.2, 0) is 17.6 Å². The highest BCUT2D eigenvalue weighted by Gasteiger charge is 2.19. The molecule has 0 spiro atoms. The van der Waals surface area contributed by atoms with Gasteiger partial charge in [0, 0.05) is 24.6 Å². The number of aliphatic hydroxyl groups is 2. The lowest BCUT2D eigenvalue weighted by atomic mass is 9.92. The number of nitrogens with zero attached hydrogens (tertiary/aromatic N) is 3. The van der Waals surface area contributed by atoms with Gasteiger partial charge in [-0.25, -0.2) is 15.0 Å². The van der Waals surface area contributed by atoms with E-state index in [0.717, 1.165) is 68.6 Å². The van der Waals surface area contributed by atoms with Crippen LogP contribution in [0.2, 0.25) is 0 Å². The molecule has 0 aliphatic carbocycles. The van der Waals surface area contributed by atoms with Crippen LogP contribution in [0, 0.1) is 0 Å². The molecular formula is C26H41N5O4. The van der Waals surface area contributed by atoms with Gasteiger partial charge in [0.1, 0.15) is 12.1 Å². The van der Waals surface area contributed by atoms with Gasteiger partial charge in [0.25, 0.3) is 0 Å². The molecule has 0 amide bonds. The number of carboxylic acids is 1. The van der Waals surface area contributed by atoms with Crippen molar-refractivity contribution in [2.24, 2.45) is 5.73 Å². The number of anilines is 1. The molecule has 0 bridgehead atoms. The maximum Gasteiger partial charge on any atom is 0.303 e. The molecule has 9 heteroatoms. The molecule has 1 aliphatic heterocycles. The number of unbranched alkanes of at least 4 members (excludes halogenated alkanes) is 3. The van der Waals surface area contributed by atoms with Crippen molar-refractivity contribution in [3.8, 4) is 0 Å². The van der Waals surface area contributed by atoms with Crippen molar-refractivity contribution in [3.05, 3.63) is 47.7 Å². The van der Waals surface area contributed by atoms with Crippen molar-refractivity contribution in [1.82, 2.24) is 15.0 Å². The van der Waals surface area contributed by atoms with Crippen LogP contribution in [0.1, 0.15) is 81.0 Å². The van der Waals surface area contributed by atoms with Crippen molar-refractivity contribution in [1.29, 1.82) is 0 Å². The van der Waals surface area contributed by atoms with Crippen LogP contribution in [0.15, 0.2) is 30.9 Å². The molecule has 3 heterocycles. The number of hydrogen-bond donors (Lipinski definition) is 5. The lowest BCUT2D eigenvalue weighted by Crippen LogP contribution is -2.46. The van der Waals surface area contributed by atoms with Crippen molar-refractivity contribution >= 4 is 11.8 Å². The maximum atomic E-state index is 11.1. The van der Waals surface area contributed by atoms with Gasteiger partial charge in [-0.2, -0.15) is 0 Å². The Labute approximate surface area is 208 Å². The van der Waals surface area contributed by atoms with Gasteiger partial charge in [-0.15, -0.1) is 0 Å². The quantitative estimate of drug-likeness (QED) is 0.268. The molecule has 2 aromatic rings. The Morgan fingerprint density at radius 2 is 1.86 bits per heavy atom. The number of nitrogens with two attached hydrogens (primary N) is 1. The number of aromatic nitrogens is 3. The van der Waals surface area contributed by atoms with E-state index in [4.69, 9.17) is 26.0 Å². The maximum absolute atomic E-state index is 11.1. The third-order valence-electron chi connectivity index (χ3n) is 6.49. The molecule has 2 aromatic heterocycles. The lowest BCUT2D eigenvalue weighted by Gasteiger charge is -2.21. The van der Waals surface area contributed by atoms with Crippen molar-refractivity contribution in [2.45, 2.75) is 82.6 Å². The first-order chi connectivity index (χ1) is 16.9. The van der Waals surface area contributed by atoms with Gasteiger partial charge in [0.15, 0.2) is 0 Å². The van der Waals surface area contributed by atoms with E-state index >= 15 is 0 Å². The summed E-state index contributed by atoms with van der Waals surface area (Å²) in [6, 6.07) is 4.37. The molecule has 1 aliphatic rings. The smallest absolute Gasteiger partial charge is 0.303 e. The van der Waals surface area contributed by atoms with Gasteiger partial charge >= 0.3 is 5.97 Å². The monoisotopic (exact) mass is 487 g/mol. The number of aryl methyl sites for hydroxylation is 2. The molecule has 194 valence electrons. The number of rotatable bonds is 13. The molecule has 0 saturated carbocycles. The first kappa shape index (κ1) is 28.6.